The topological polar surface area (TPSA) is 65.5 Å². The highest BCUT2D eigenvalue weighted by atomic mass is 16.3. The molecule has 0 N–H and O–H groups in total. The van der Waals surface area contributed by atoms with Crippen LogP contribution in [0.1, 0.15) is 65.0 Å². The van der Waals surface area contributed by atoms with Crippen molar-refractivity contribution in [1.82, 2.24) is 18.7 Å². The van der Waals surface area contributed by atoms with Crippen molar-refractivity contribution in [3.63, 3.8) is 0 Å². The lowest BCUT2D eigenvalue weighted by molar-refractivity contribution is 0.621. The standard InChI is InChI=1S/C66H50N6O/c1-41(31-32-43-19-7-4-8-20-43)62-61(42(2)67-3)53-27-15-18-30-60(53)70(62)46-37-47(71-58-28-16-13-25-49(58)51-33-35-55-54(63(51)71)40-57(68-55)44-21-9-5-10-22-44)39-48(38-46)72-59-29-17-14-26-50(59)52-34-36-56-65(64(52)72)73-66(69-56)45-23-11-6-12-24-45/h4-13,15-25,27-30,33-39,42H,1,3,14,26,31-32,40H2,2H3. The summed E-state index contributed by atoms with van der Waals surface area (Å²) in [4.78, 5) is 15.1. The Kier molecular flexibility index (Phi) is 10.00. The number of benzene rings is 8. The van der Waals surface area contributed by atoms with Gasteiger partial charge in [-0.3, -0.25) is 9.98 Å². The second-order valence-corrected chi connectivity index (χ2v) is 19.5. The van der Waals surface area contributed by atoms with Gasteiger partial charge in [0.15, 0.2) is 5.58 Å². The Morgan fingerprint density at radius 2 is 1.29 bits per heavy atom. The van der Waals surface area contributed by atoms with Crippen LogP contribution in [0.15, 0.2) is 209 Å². The van der Waals surface area contributed by atoms with Crippen molar-refractivity contribution in [2.24, 2.45) is 9.98 Å². The van der Waals surface area contributed by atoms with Crippen molar-refractivity contribution in [1.29, 1.82) is 0 Å². The molecule has 0 saturated carbocycles. The number of allylic oxidation sites excluding steroid dienone is 2. The van der Waals surface area contributed by atoms with Crippen LogP contribution in [-0.2, 0) is 19.3 Å². The van der Waals surface area contributed by atoms with E-state index in [-0.39, 0.29) is 6.04 Å². The number of nitrogens with zero attached hydrogens (tertiary/aromatic N) is 6. The van der Waals surface area contributed by atoms with Crippen LogP contribution in [0.25, 0.3) is 94.9 Å². The van der Waals surface area contributed by atoms with Crippen LogP contribution in [0.2, 0.25) is 0 Å². The molecule has 0 fully saturated rings. The zero-order valence-electron chi connectivity index (χ0n) is 40.6. The molecule has 350 valence electrons. The average Bonchev–Trinajstić information content (AvgIpc) is 4.30. The molecule has 1 aliphatic heterocycles. The van der Waals surface area contributed by atoms with Gasteiger partial charge >= 0.3 is 0 Å². The molecule has 7 heteroatoms. The van der Waals surface area contributed by atoms with Crippen molar-refractivity contribution in [3.8, 4) is 28.5 Å². The van der Waals surface area contributed by atoms with Gasteiger partial charge in [0.25, 0.3) is 0 Å². The Balaban J connectivity index is 1.09. The molecule has 0 radical (unpaired) electrons. The highest BCUT2D eigenvalue weighted by Gasteiger charge is 2.29. The fourth-order valence-corrected chi connectivity index (χ4v) is 11.9. The summed E-state index contributed by atoms with van der Waals surface area (Å²) >= 11 is 0. The quantitative estimate of drug-likeness (QED) is 0.121. The maximum absolute atomic E-state index is 6.94. The number of hydrogen-bond donors (Lipinski definition) is 0. The van der Waals surface area contributed by atoms with Gasteiger partial charge < -0.3 is 18.1 Å². The Morgan fingerprint density at radius 3 is 2.04 bits per heavy atom. The first-order valence-electron chi connectivity index (χ1n) is 25.3. The molecule has 1 atom stereocenters. The molecule has 0 amide bonds. The van der Waals surface area contributed by atoms with Crippen LogP contribution in [0.3, 0.4) is 0 Å². The van der Waals surface area contributed by atoms with Crippen LogP contribution < -0.4 is 0 Å². The Bertz CT molecular complexity index is 4280. The van der Waals surface area contributed by atoms with E-state index >= 15 is 0 Å². The molecule has 1 unspecified atom stereocenters. The van der Waals surface area contributed by atoms with E-state index < -0.39 is 0 Å². The predicted octanol–water partition coefficient (Wildman–Crippen LogP) is 16.5. The van der Waals surface area contributed by atoms with Crippen molar-refractivity contribution >= 4 is 84.5 Å². The molecule has 73 heavy (non-hydrogen) atoms. The van der Waals surface area contributed by atoms with Gasteiger partial charge in [0.05, 0.1) is 62.3 Å². The molecule has 4 aromatic heterocycles. The summed E-state index contributed by atoms with van der Waals surface area (Å²) in [5.41, 5.74) is 21.3. The third kappa shape index (κ3) is 6.83. The molecule has 7 nitrogen and oxygen atoms in total. The van der Waals surface area contributed by atoms with Gasteiger partial charge in [0, 0.05) is 50.4 Å². The third-order valence-electron chi connectivity index (χ3n) is 15.3. The minimum absolute atomic E-state index is 0.194. The first-order chi connectivity index (χ1) is 36.0. The summed E-state index contributed by atoms with van der Waals surface area (Å²) < 4.78 is 14.3. The normalized spacial score (nSPS) is 13.6. The summed E-state index contributed by atoms with van der Waals surface area (Å²) in [6.45, 7) is 11.2. The molecule has 14 rings (SSSR count). The summed E-state index contributed by atoms with van der Waals surface area (Å²) in [6.07, 6.45) is 8.82. The first-order valence-corrected chi connectivity index (χ1v) is 25.3. The van der Waals surface area contributed by atoms with Crippen LogP contribution in [-0.4, -0.2) is 31.1 Å². The molecule has 0 bridgehead atoms. The maximum Gasteiger partial charge on any atom is 0.227 e. The number of fused-ring (bicyclic) bond motifs is 11. The molecule has 1 aliphatic carbocycles. The van der Waals surface area contributed by atoms with E-state index in [9.17, 15) is 0 Å². The fraction of sp³-hybridized carbons (Fsp3) is 0.106. The third-order valence-corrected chi connectivity index (χ3v) is 15.3. The van der Waals surface area contributed by atoms with Crippen LogP contribution in [0.5, 0.6) is 0 Å². The van der Waals surface area contributed by atoms with Crippen molar-refractivity contribution < 1.29 is 4.42 Å². The molecule has 5 heterocycles. The minimum Gasteiger partial charge on any atom is -0.434 e. The van der Waals surface area contributed by atoms with E-state index in [1.807, 2.05) is 18.2 Å². The molecule has 0 saturated heterocycles. The summed E-state index contributed by atoms with van der Waals surface area (Å²) in [5, 5.41) is 4.70. The van der Waals surface area contributed by atoms with Gasteiger partial charge in [-0.2, -0.15) is 0 Å². The SMILES string of the molecule is C=NC(C)c1c(C(=C)CCc2ccccc2)n(-c2cc(-n3c4c(c5ccc6nc(-c7ccccc7)oc6c53)CCC=C4)cc(-n3c4ccccc4c4ccc5c(c43)CC(c3ccccc3)=N5)c2)c2ccccc12. The molecule has 12 aromatic rings. The number of para-hydroxylation sites is 2. The number of aryl methyl sites for hydroxylation is 2. The number of aliphatic imine (C=N–C) groups is 2. The van der Waals surface area contributed by atoms with E-state index in [2.05, 4.69) is 203 Å². The van der Waals surface area contributed by atoms with Crippen molar-refractivity contribution in [3.05, 3.63) is 234 Å². The van der Waals surface area contributed by atoms with E-state index in [1.54, 1.807) is 0 Å². The number of oxazole rings is 1. The summed E-state index contributed by atoms with van der Waals surface area (Å²) in [5.74, 6) is 0.602. The maximum atomic E-state index is 6.94. The Labute approximate surface area is 423 Å². The van der Waals surface area contributed by atoms with Crippen LogP contribution >= 0.6 is 0 Å². The van der Waals surface area contributed by atoms with Crippen molar-refractivity contribution in [2.45, 2.75) is 45.1 Å². The molecule has 2 aliphatic rings. The monoisotopic (exact) mass is 942 g/mol. The number of rotatable bonds is 11. The van der Waals surface area contributed by atoms with Gasteiger partial charge in [0.2, 0.25) is 5.89 Å². The second-order valence-electron chi connectivity index (χ2n) is 19.5. The number of hydrogen-bond acceptors (Lipinski definition) is 4. The second kappa shape index (κ2) is 17.1. The smallest absolute Gasteiger partial charge is 0.227 e. The van der Waals surface area contributed by atoms with E-state index in [0.29, 0.717) is 5.89 Å². The largest absolute Gasteiger partial charge is 0.434 e. The lowest BCUT2D eigenvalue weighted by Crippen LogP contribution is -2.08. The zero-order chi connectivity index (χ0) is 48.7. The predicted molar refractivity (Wildman–Crippen MR) is 303 cm³/mol. The van der Waals surface area contributed by atoms with Gasteiger partial charge in [-0.1, -0.05) is 140 Å². The average molecular weight is 943 g/mol. The van der Waals surface area contributed by atoms with Gasteiger partial charge in [-0.15, -0.1) is 0 Å². The van der Waals surface area contributed by atoms with Gasteiger partial charge in [-0.25, -0.2) is 4.98 Å². The van der Waals surface area contributed by atoms with Gasteiger partial charge in [-0.05, 0) is 122 Å². The van der Waals surface area contributed by atoms with E-state index in [0.717, 1.165) is 133 Å². The number of aromatic nitrogens is 4. The molecular weight excluding hydrogens is 893 g/mol. The summed E-state index contributed by atoms with van der Waals surface area (Å²) in [6, 6.07) is 64.9. The Morgan fingerprint density at radius 1 is 0.644 bits per heavy atom. The van der Waals surface area contributed by atoms with E-state index in [4.69, 9.17) is 26.0 Å². The van der Waals surface area contributed by atoms with Gasteiger partial charge in [0.1, 0.15) is 5.52 Å². The van der Waals surface area contributed by atoms with E-state index in [1.165, 1.54) is 32.8 Å². The first kappa shape index (κ1) is 42.8. The molecule has 0 spiro atoms. The highest BCUT2D eigenvalue weighted by Crippen LogP contribution is 2.46. The summed E-state index contributed by atoms with van der Waals surface area (Å²) in [7, 11) is 0. The molecular formula is C66H50N6O. The van der Waals surface area contributed by atoms with Crippen molar-refractivity contribution in [2.75, 3.05) is 0 Å². The lowest BCUT2D eigenvalue weighted by atomic mass is 9.97. The Hall–Kier alpha value is -9.07. The zero-order valence-corrected chi connectivity index (χ0v) is 40.6. The van der Waals surface area contributed by atoms with Crippen LogP contribution in [0.4, 0.5) is 5.69 Å². The highest BCUT2D eigenvalue weighted by molar-refractivity contribution is 6.16. The fourth-order valence-electron chi connectivity index (χ4n) is 11.9. The minimum atomic E-state index is -0.194. The molecule has 8 aromatic carbocycles. The lowest BCUT2D eigenvalue weighted by Gasteiger charge is -2.21. The van der Waals surface area contributed by atoms with Crippen LogP contribution in [0, 0.1) is 0 Å².